The lowest BCUT2D eigenvalue weighted by Gasteiger charge is -2.07. The fourth-order valence-corrected chi connectivity index (χ4v) is 1.96. The first-order chi connectivity index (χ1) is 11.5. The van der Waals surface area contributed by atoms with Crippen molar-refractivity contribution in [3.8, 4) is 5.75 Å². The van der Waals surface area contributed by atoms with E-state index >= 15 is 0 Å². The molecule has 24 heavy (non-hydrogen) atoms. The normalized spacial score (nSPS) is 11.2. The number of nitro groups is 1. The van der Waals surface area contributed by atoms with Gasteiger partial charge in [-0.15, -0.1) is 0 Å². The van der Waals surface area contributed by atoms with E-state index in [-0.39, 0.29) is 11.4 Å². The van der Waals surface area contributed by atoms with Crippen LogP contribution in [0.25, 0.3) is 0 Å². The molecule has 126 valence electrons. The van der Waals surface area contributed by atoms with Crippen molar-refractivity contribution in [2.45, 2.75) is 20.3 Å². The maximum atomic E-state index is 13.1. The van der Waals surface area contributed by atoms with E-state index in [1.807, 2.05) is 24.3 Å². The molecular formula is C18H19FN2O3. The summed E-state index contributed by atoms with van der Waals surface area (Å²) in [6, 6.07) is 10.5. The number of rotatable bonds is 7. The minimum Gasteiger partial charge on any atom is -0.494 e. The Hall–Kier alpha value is -2.76. The number of aliphatic imine (C=N–C) groups is 1. The molecule has 2 rings (SSSR count). The third kappa shape index (κ3) is 5.15. The van der Waals surface area contributed by atoms with Crippen molar-refractivity contribution in [3.63, 3.8) is 0 Å². The molecular weight excluding hydrogens is 311 g/mol. The van der Waals surface area contributed by atoms with Crippen molar-refractivity contribution in [1.29, 1.82) is 0 Å². The lowest BCUT2D eigenvalue weighted by atomic mass is 10.1. The summed E-state index contributed by atoms with van der Waals surface area (Å²) < 4.78 is 18.7. The van der Waals surface area contributed by atoms with E-state index in [9.17, 15) is 14.5 Å². The van der Waals surface area contributed by atoms with Crippen LogP contribution in [0.1, 0.15) is 25.8 Å². The molecule has 0 aromatic heterocycles. The topological polar surface area (TPSA) is 64.7 Å². The number of hydrogen-bond donors (Lipinski definition) is 0. The van der Waals surface area contributed by atoms with Crippen molar-refractivity contribution >= 4 is 17.6 Å². The molecule has 0 aliphatic rings. The largest absolute Gasteiger partial charge is 0.494 e. The van der Waals surface area contributed by atoms with E-state index in [1.54, 1.807) is 0 Å². The van der Waals surface area contributed by atoms with Crippen LogP contribution in [-0.4, -0.2) is 17.7 Å². The summed E-state index contributed by atoms with van der Waals surface area (Å²) in [5.41, 5.74) is 0.517. The van der Waals surface area contributed by atoms with Crippen molar-refractivity contribution < 1.29 is 14.1 Å². The average Bonchev–Trinajstić information content (AvgIpc) is 2.54. The Labute approximate surface area is 140 Å². The first-order valence-electron chi connectivity index (χ1n) is 7.66. The first kappa shape index (κ1) is 17.6. The molecule has 0 spiro atoms. The van der Waals surface area contributed by atoms with Gasteiger partial charge in [0.1, 0.15) is 17.3 Å². The predicted molar refractivity (Wildman–Crippen MR) is 91.7 cm³/mol. The molecule has 6 heteroatoms. The summed E-state index contributed by atoms with van der Waals surface area (Å²) in [6.45, 7) is 4.93. The molecule has 0 saturated carbocycles. The van der Waals surface area contributed by atoms with Gasteiger partial charge < -0.3 is 4.74 Å². The fourth-order valence-electron chi connectivity index (χ4n) is 1.96. The number of hydrogen-bond acceptors (Lipinski definition) is 4. The minimum absolute atomic E-state index is 0.110. The lowest BCUT2D eigenvalue weighted by molar-refractivity contribution is -0.384. The fraction of sp³-hybridized carbons (Fsp3) is 0.278. The number of benzene rings is 2. The zero-order valence-electron chi connectivity index (χ0n) is 13.6. The summed E-state index contributed by atoms with van der Waals surface area (Å²) in [5, 5.41) is 10.9. The second-order valence-electron chi connectivity index (χ2n) is 5.75. The van der Waals surface area contributed by atoms with Gasteiger partial charge in [-0.05, 0) is 54.3 Å². The van der Waals surface area contributed by atoms with Crippen LogP contribution in [0.15, 0.2) is 47.5 Å². The quantitative estimate of drug-likeness (QED) is 0.411. The smallest absolute Gasteiger partial charge is 0.297 e. The maximum Gasteiger partial charge on any atom is 0.297 e. The standard InChI is InChI=1S/C18H19FN2O3/c1-13(2)9-10-24-16-6-3-14(4-7-16)12-20-17-8-5-15(19)11-18(17)21(22)23/h3-8,11-13H,9-10H2,1-2H3. The van der Waals surface area contributed by atoms with E-state index in [0.29, 0.717) is 12.5 Å². The molecule has 0 amide bonds. The third-order valence-electron chi connectivity index (χ3n) is 3.33. The molecule has 0 aliphatic heterocycles. The number of ether oxygens (including phenoxy) is 1. The summed E-state index contributed by atoms with van der Waals surface area (Å²) >= 11 is 0. The van der Waals surface area contributed by atoms with Crippen LogP contribution >= 0.6 is 0 Å². The molecule has 0 atom stereocenters. The van der Waals surface area contributed by atoms with Crippen LogP contribution < -0.4 is 4.74 Å². The van der Waals surface area contributed by atoms with Gasteiger partial charge in [-0.1, -0.05) is 13.8 Å². The molecule has 0 unspecified atom stereocenters. The minimum atomic E-state index is -0.663. The van der Waals surface area contributed by atoms with E-state index in [2.05, 4.69) is 18.8 Å². The zero-order chi connectivity index (χ0) is 17.5. The number of nitrogens with zero attached hydrogens (tertiary/aromatic N) is 2. The molecule has 5 nitrogen and oxygen atoms in total. The van der Waals surface area contributed by atoms with Gasteiger partial charge in [0.05, 0.1) is 17.6 Å². The Morgan fingerprint density at radius 2 is 1.96 bits per heavy atom. The van der Waals surface area contributed by atoms with Gasteiger partial charge in [0.15, 0.2) is 0 Å². The van der Waals surface area contributed by atoms with Crippen LogP contribution in [0.2, 0.25) is 0 Å². The first-order valence-corrected chi connectivity index (χ1v) is 7.66. The highest BCUT2D eigenvalue weighted by Crippen LogP contribution is 2.27. The van der Waals surface area contributed by atoms with Gasteiger partial charge in [-0.3, -0.25) is 10.1 Å². The van der Waals surface area contributed by atoms with Crippen molar-refractivity contribution in [2.75, 3.05) is 6.61 Å². The van der Waals surface area contributed by atoms with E-state index in [0.717, 1.165) is 29.9 Å². The van der Waals surface area contributed by atoms with E-state index in [1.165, 1.54) is 12.3 Å². The van der Waals surface area contributed by atoms with Crippen LogP contribution in [0.5, 0.6) is 5.75 Å². The Bertz CT molecular complexity index is 728. The molecule has 2 aromatic carbocycles. The van der Waals surface area contributed by atoms with Gasteiger partial charge in [0.25, 0.3) is 5.69 Å². The highest BCUT2D eigenvalue weighted by atomic mass is 19.1. The SMILES string of the molecule is CC(C)CCOc1ccc(C=Nc2ccc(F)cc2[N+](=O)[O-])cc1. The Kier molecular flexibility index (Phi) is 6.01. The second kappa shape index (κ2) is 8.19. The maximum absolute atomic E-state index is 13.1. The van der Waals surface area contributed by atoms with Gasteiger partial charge >= 0.3 is 0 Å². The van der Waals surface area contributed by atoms with Crippen molar-refractivity contribution in [3.05, 3.63) is 64.0 Å². The zero-order valence-corrected chi connectivity index (χ0v) is 13.6. The van der Waals surface area contributed by atoms with Gasteiger partial charge in [-0.2, -0.15) is 0 Å². The van der Waals surface area contributed by atoms with E-state index < -0.39 is 10.7 Å². The summed E-state index contributed by atoms with van der Waals surface area (Å²) in [6.07, 6.45) is 2.48. The monoisotopic (exact) mass is 330 g/mol. The lowest BCUT2D eigenvalue weighted by Crippen LogP contribution is -2.01. The van der Waals surface area contributed by atoms with Crippen LogP contribution in [0, 0.1) is 21.8 Å². The highest BCUT2D eigenvalue weighted by Gasteiger charge is 2.13. The van der Waals surface area contributed by atoms with E-state index in [4.69, 9.17) is 4.74 Å². The Morgan fingerprint density at radius 1 is 1.25 bits per heavy atom. The summed E-state index contributed by atoms with van der Waals surface area (Å²) in [5.74, 6) is 0.687. The van der Waals surface area contributed by atoms with Crippen LogP contribution in [-0.2, 0) is 0 Å². The molecule has 0 fully saturated rings. The molecule has 0 aliphatic carbocycles. The molecule has 2 aromatic rings. The highest BCUT2D eigenvalue weighted by molar-refractivity contribution is 5.83. The average molecular weight is 330 g/mol. The summed E-state index contributed by atoms with van der Waals surface area (Å²) in [7, 11) is 0. The molecule has 0 radical (unpaired) electrons. The van der Waals surface area contributed by atoms with Crippen molar-refractivity contribution in [1.82, 2.24) is 0 Å². The van der Waals surface area contributed by atoms with Gasteiger partial charge in [0, 0.05) is 6.21 Å². The predicted octanol–water partition coefficient (Wildman–Crippen LogP) is 4.91. The summed E-state index contributed by atoms with van der Waals surface area (Å²) in [4.78, 5) is 14.4. The second-order valence-corrected chi connectivity index (χ2v) is 5.75. The molecule has 0 bridgehead atoms. The van der Waals surface area contributed by atoms with Crippen molar-refractivity contribution in [2.24, 2.45) is 10.9 Å². The molecule has 0 saturated heterocycles. The molecule has 0 heterocycles. The number of halogens is 1. The Balaban J connectivity index is 2.06. The number of nitro benzene ring substituents is 1. The molecule has 0 N–H and O–H groups in total. The van der Waals surface area contributed by atoms with Gasteiger partial charge in [0.2, 0.25) is 0 Å². The van der Waals surface area contributed by atoms with Crippen LogP contribution in [0.4, 0.5) is 15.8 Å². The van der Waals surface area contributed by atoms with Gasteiger partial charge in [-0.25, -0.2) is 9.38 Å². The van der Waals surface area contributed by atoms with Crippen LogP contribution in [0.3, 0.4) is 0 Å². The Morgan fingerprint density at radius 3 is 2.58 bits per heavy atom. The third-order valence-corrected chi connectivity index (χ3v) is 3.33.